The summed E-state index contributed by atoms with van der Waals surface area (Å²) in [5.41, 5.74) is -0.742. The van der Waals surface area contributed by atoms with Crippen LogP contribution in [-0.2, 0) is 12.7 Å². The predicted octanol–water partition coefficient (Wildman–Crippen LogP) is 3.28. The van der Waals surface area contributed by atoms with Gasteiger partial charge in [-0.05, 0) is 49.7 Å². The highest BCUT2D eigenvalue weighted by Crippen LogP contribution is 2.31. The van der Waals surface area contributed by atoms with Crippen molar-refractivity contribution in [2.45, 2.75) is 26.1 Å². The fraction of sp³-hybridized carbons (Fsp3) is 0.600. The highest BCUT2D eigenvalue weighted by Gasteiger charge is 2.34. The Kier molecular flexibility index (Phi) is 5.22. The molecule has 0 amide bonds. The van der Waals surface area contributed by atoms with E-state index in [2.05, 4.69) is 17.1 Å². The number of hydrogen-bond acceptors (Lipinski definition) is 2. The maximum Gasteiger partial charge on any atom is 0.419 e. The molecule has 1 aromatic carbocycles. The summed E-state index contributed by atoms with van der Waals surface area (Å²) in [4.78, 5) is 2.35. The van der Waals surface area contributed by atoms with E-state index in [0.717, 1.165) is 44.7 Å². The number of hydrogen-bond donors (Lipinski definition) is 1. The van der Waals surface area contributed by atoms with Gasteiger partial charge in [-0.15, -0.1) is 0 Å². The molecule has 0 spiro atoms. The van der Waals surface area contributed by atoms with Gasteiger partial charge in [0.1, 0.15) is 5.82 Å². The average molecular weight is 304 g/mol. The molecular weight excluding hydrogens is 284 g/mol. The van der Waals surface area contributed by atoms with Gasteiger partial charge in [0, 0.05) is 13.1 Å². The molecule has 1 fully saturated rings. The number of nitrogens with one attached hydrogen (secondary N) is 1. The van der Waals surface area contributed by atoms with E-state index in [9.17, 15) is 17.6 Å². The van der Waals surface area contributed by atoms with E-state index in [0.29, 0.717) is 18.0 Å². The lowest BCUT2D eigenvalue weighted by Gasteiger charge is -2.14. The van der Waals surface area contributed by atoms with Gasteiger partial charge in [0.15, 0.2) is 0 Å². The molecule has 6 heteroatoms. The number of halogens is 4. The number of alkyl halides is 3. The third-order valence-electron chi connectivity index (χ3n) is 3.92. The molecule has 118 valence electrons. The molecule has 1 heterocycles. The second kappa shape index (κ2) is 6.75. The van der Waals surface area contributed by atoms with Crippen LogP contribution >= 0.6 is 0 Å². The Morgan fingerprint density at radius 2 is 2.10 bits per heavy atom. The van der Waals surface area contributed by atoms with Gasteiger partial charge in [-0.3, -0.25) is 0 Å². The van der Waals surface area contributed by atoms with Crippen LogP contribution in [0.2, 0.25) is 0 Å². The summed E-state index contributed by atoms with van der Waals surface area (Å²) < 4.78 is 51.0. The van der Waals surface area contributed by atoms with Crippen molar-refractivity contribution in [1.29, 1.82) is 0 Å². The van der Waals surface area contributed by atoms with Gasteiger partial charge in [0.25, 0.3) is 0 Å². The minimum absolute atomic E-state index is 0.325. The Morgan fingerprint density at radius 1 is 1.33 bits per heavy atom. The van der Waals surface area contributed by atoms with Gasteiger partial charge in [0.05, 0.1) is 5.56 Å². The lowest BCUT2D eigenvalue weighted by atomic mass is 10.1. The van der Waals surface area contributed by atoms with Crippen molar-refractivity contribution < 1.29 is 17.6 Å². The Morgan fingerprint density at radius 3 is 2.71 bits per heavy atom. The number of benzene rings is 1. The zero-order chi connectivity index (χ0) is 15.5. The van der Waals surface area contributed by atoms with Crippen LogP contribution in [0.15, 0.2) is 18.2 Å². The lowest BCUT2D eigenvalue weighted by Crippen LogP contribution is -2.26. The van der Waals surface area contributed by atoms with Crippen molar-refractivity contribution in [3.63, 3.8) is 0 Å². The van der Waals surface area contributed by atoms with E-state index in [1.807, 2.05) is 0 Å². The minimum atomic E-state index is -4.65. The molecular formula is C15H20F4N2. The van der Waals surface area contributed by atoms with Crippen molar-refractivity contribution in [2.75, 3.05) is 26.2 Å². The van der Waals surface area contributed by atoms with Crippen LogP contribution < -0.4 is 5.32 Å². The van der Waals surface area contributed by atoms with Crippen molar-refractivity contribution >= 4 is 0 Å². The van der Waals surface area contributed by atoms with Crippen LogP contribution in [0, 0.1) is 11.7 Å². The molecule has 1 aromatic rings. The van der Waals surface area contributed by atoms with Crippen molar-refractivity contribution in [1.82, 2.24) is 10.2 Å². The highest BCUT2D eigenvalue weighted by molar-refractivity contribution is 5.27. The first-order chi connectivity index (χ1) is 9.90. The zero-order valence-corrected chi connectivity index (χ0v) is 12.0. The summed E-state index contributed by atoms with van der Waals surface area (Å²) in [6.07, 6.45) is -3.54. The first-order valence-electron chi connectivity index (χ1n) is 7.19. The fourth-order valence-electron chi connectivity index (χ4n) is 2.69. The Balaban J connectivity index is 1.86. The maximum atomic E-state index is 13.2. The maximum absolute atomic E-state index is 13.2. The topological polar surface area (TPSA) is 15.3 Å². The summed E-state index contributed by atoms with van der Waals surface area (Å²) in [5, 5.41) is 3.17. The fourth-order valence-corrected chi connectivity index (χ4v) is 2.69. The van der Waals surface area contributed by atoms with E-state index >= 15 is 0 Å². The van der Waals surface area contributed by atoms with Gasteiger partial charge in [-0.2, -0.15) is 13.2 Å². The molecule has 1 N–H and O–H groups in total. The van der Waals surface area contributed by atoms with E-state index in [4.69, 9.17) is 0 Å². The Labute approximate surface area is 122 Å². The van der Waals surface area contributed by atoms with Crippen LogP contribution in [-0.4, -0.2) is 31.1 Å². The van der Waals surface area contributed by atoms with Gasteiger partial charge >= 0.3 is 6.18 Å². The standard InChI is InChI=1S/C15H20F4N2/c1-2-21-6-5-12(10-21)9-20-8-11-3-4-14(16)13(7-11)15(17,18)19/h3-4,7,12,20H,2,5-6,8-10H2,1H3. The second-order valence-corrected chi connectivity index (χ2v) is 5.49. The molecule has 1 unspecified atom stereocenters. The van der Waals surface area contributed by atoms with Crippen LogP contribution in [0.1, 0.15) is 24.5 Å². The largest absolute Gasteiger partial charge is 0.419 e. The molecule has 2 rings (SSSR count). The van der Waals surface area contributed by atoms with E-state index in [1.54, 1.807) is 0 Å². The quantitative estimate of drug-likeness (QED) is 0.840. The molecule has 0 bridgehead atoms. The van der Waals surface area contributed by atoms with E-state index in [-0.39, 0.29) is 0 Å². The average Bonchev–Trinajstić information content (AvgIpc) is 2.87. The third kappa shape index (κ3) is 4.41. The van der Waals surface area contributed by atoms with Gasteiger partial charge in [-0.25, -0.2) is 4.39 Å². The molecule has 0 aromatic heterocycles. The van der Waals surface area contributed by atoms with E-state index < -0.39 is 17.6 Å². The highest BCUT2D eigenvalue weighted by atomic mass is 19.4. The van der Waals surface area contributed by atoms with Gasteiger partial charge < -0.3 is 10.2 Å². The third-order valence-corrected chi connectivity index (χ3v) is 3.92. The smallest absolute Gasteiger partial charge is 0.312 e. The Bertz CT molecular complexity index is 473. The molecule has 2 nitrogen and oxygen atoms in total. The summed E-state index contributed by atoms with van der Waals surface area (Å²) in [6.45, 7) is 6.36. The monoisotopic (exact) mass is 304 g/mol. The van der Waals surface area contributed by atoms with Gasteiger partial charge in [-0.1, -0.05) is 13.0 Å². The second-order valence-electron chi connectivity index (χ2n) is 5.49. The predicted molar refractivity (Wildman–Crippen MR) is 73.3 cm³/mol. The molecule has 1 aliphatic heterocycles. The first-order valence-corrected chi connectivity index (χ1v) is 7.19. The SMILES string of the molecule is CCN1CCC(CNCc2ccc(F)c(C(F)(F)F)c2)C1. The van der Waals surface area contributed by atoms with Crippen molar-refractivity contribution in [3.8, 4) is 0 Å². The molecule has 1 atom stereocenters. The lowest BCUT2D eigenvalue weighted by molar-refractivity contribution is -0.140. The van der Waals surface area contributed by atoms with Crippen LogP contribution in [0.25, 0.3) is 0 Å². The Hall–Kier alpha value is -1.14. The van der Waals surface area contributed by atoms with Crippen LogP contribution in [0.3, 0.4) is 0 Å². The summed E-state index contributed by atoms with van der Waals surface area (Å²) >= 11 is 0. The molecule has 21 heavy (non-hydrogen) atoms. The number of rotatable bonds is 5. The van der Waals surface area contributed by atoms with Crippen LogP contribution in [0.5, 0.6) is 0 Å². The number of nitrogens with zero attached hydrogens (tertiary/aromatic N) is 1. The molecule has 1 aliphatic rings. The first kappa shape index (κ1) is 16.2. The normalized spacial score (nSPS) is 20.1. The van der Waals surface area contributed by atoms with E-state index in [1.165, 1.54) is 6.07 Å². The van der Waals surface area contributed by atoms with Crippen LogP contribution in [0.4, 0.5) is 17.6 Å². The number of likely N-dealkylation sites (tertiary alicyclic amines) is 1. The van der Waals surface area contributed by atoms with Crippen molar-refractivity contribution in [2.24, 2.45) is 5.92 Å². The van der Waals surface area contributed by atoms with Gasteiger partial charge in [0.2, 0.25) is 0 Å². The zero-order valence-electron chi connectivity index (χ0n) is 12.0. The summed E-state index contributed by atoms with van der Waals surface area (Å²) in [7, 11) is 0. The summed E-state index contributed by atoms with van der Waals surface area (Å²) in [5.74, 6) is -0.687. The molecule has 0 radical (unpaired) electrons. The molecule has 0 saturated carbocycles. The molecule has 0 aliphatic carbocycles. The minimum Gasteiger partial charge on any atom is -0.312 e. The van der Waals surface area contributed by atoms with Crippen molar-refractivity contribution in [3.05, 3.63) is 35.1 Å². The molecule has 1 saturated heterocycles. The summed E-state index contributed by atoms with van der Waals surface area (Å²) in [6, 6.07) is 3.16.